The maximum Gasteiger partial charge on any atom is 0.217 e. The Labute approximate surface area is 126 Å². The first-order chi connectivity index (χ1) is 9.96. The van der Waals surface area contributed by atoms with Gasteiger partial charge in [0.25, 0.3) is 0 Å². The topological polar surface area (TPSA) is 78.3 Å². The highest BCUT2D eigenvalue weighted by molar-refractivity contribution is 5.74. The summed E-state index contributed by atoms with van der Waals surface area (Å²) in [5.41, 5.74) is 14.0. The number of nitrogens with two attached hydrogens (primary N) is 2. The van der Waals surface area contributed by atoms with Gasteiger partial charge in [0.05, 0.1) is 7.11 Å². The minimum absolute atomic E-state index is 0.000910. The zero-order valence-electron chi connectivity index (χ0n) is 13.0. The summed E-state index contributed by atoms with van der Waals surface area (Å²) < 4.78 is 5.28. The van der Waals surface area contributed by atoms with Crippen molar-refractivity contribution < 1.29 is 9.53 Å². The number of methoxy groups -OCH3 is 1. The predicted molar refractivity (Wildman–Crippen MR) is 84.0 cm³/mol. The maximum atomic E-state index is 11.4. The van der Waals surface area contributed by atoms with Crippen LogP contribution in [0.4, 0.5) is 0 Å². The van der Waals surface area contributed by atoms with Crippen molar-refractivity contribution in [2.24, 2.45) is 16.9 Å². The average molecular weight is 290 g/mol. The Morgan fingerprint density at radius 2 is 2.05 bits per heavy atom. The molecule has 1 aromatic carbocycles. The summed E-state index contributed by atoms with van der Waals surface area (Å²) in [7, 11) is 1.67. The molecule has 0 aliphatic heterocycles. The van der Waals surface area contributed by atoms with Gasteiger partial charge in [0, 0.05) is 12.5 Å². The van der Waals surface area contributed by atoms with Crippen molar-refractivity contribution in [1.82, 2.24) is 0 Å². The molecular formula is C17H26N2O2. The number of ether oxygens (including phenoxy) is 1. The third-order valence-electron chi connectivity index (χ3n) is 4.71. The lowest BCUT2D eigenvalue weighted by atomic mass is 9.76. The molecule has 4 N–H and O–H groups in total. The van der Waals surface area contributed by atoms with Gasteiger partial charge in [-0.05, 0) is 48.8 Å². The van der Waals surface area contributed by atoms with Crippen LogP contribution in [0.3, 0.4) is 0 Å². The van der Waals surface area contributed by atoms with Gasteiger partial charge < -0.3 is 16.2 Å². The zero-order chi connectivity index (χ0) is 15.5. The van der Waals surface area contributed by atoms with Gasteiger partial charge in [-0.3, -0.25) is 4.79 Å². The van der Waals surface area contributed by atoms with E-state index in [4.69, 9.17) is 16.2 Å². The Kier molecular flexibility index (Phi) is 4.88. The van der Waals surface area contributed by atoms with E-state index in [-0.39, 0.29) is 17.4 Å². The van der Waals surface area contributed by atoms with Crippen molar-refractivity contribution in [2.75, 3.05) is 7.11 Å². The van der Waals surface area contributed by atoms with Crippen LogP contribution in [0.5, 0.6) is 5.75 Å². The van der Waals surface area contributed by atoms with E-state index in [0.29, 0.717) is 6.42 Å². The zero-order valence-corrected chi connectivity index (χ0v) is 13.0. The first-order valence-electron chi connectivity index (χ1n) is 7.64. The number of amides is 1. The van der Waals surface area contributed by atoms with Crippen molar-refractivity contribution in [3.05, 3.63) is 29.3 Å². The quantitative estimate of drug-likeness (QED) is 0.845. The number of carbonyl (C=O) groups excluding carboxylic acids is 1. The SMILES string of the molecule is COc1ccc(C(N)CC2(CC(N)=O)CCCC2)cc1C. The van der Waals surface area contributed by atoms with Gasteiger partial charge >= 0.3 is 0 Å². The number of benzene rings is 1. The second-order valence-electron chi connectivity index (χ2n) is 6.39. The van der Waals surface area contributed by atoms with Crippen LogP contribution < -0.4 is 16.2 Å². The molecule has 4 heteroatoms. The Morgan fingerprint density at radius 3 is 2.57 bits per heavy atom. The smallest absolute Gasteiger partial charge is 0.217 e. The Balaban J connectivity index is 2.13. The van der Waals surface area contributed by atoms with Crippen LogP contribution in [0.2, 0.25) is 0 Å². The Morgan fingerprint density at radius 1 is 1.38 bits per heavy atom. The van der Waals surface area contributed by atoms with Gasteiger partial charge in [0.15, 0.2) is 0 Å². The summed E-state index contributed by atoms with van der Waals surface area (Å²) in [6, 6.07) is 5.99. The molecule has 1 unspecified atom stereocenters. The summed E-state index contributed by atoms with van der Waals surface area (Å²) in [5.74, 6) is 0.661. The second-order valence-corrected chi connectivity index (χ2v) is 6.39. The highest BCUT2D eigenvalue weighted by atomic mass is 16.5. The van der Waals surface area contributed by atoms with Gasteiger partial charge in [-0.25, -0.2) is 0 Å². The molecule has 1 fully saturated rings. The van der Waals surface area contributed by atoms with E-state index in [1.54, 1.807) is 7.11 Å². The molecular weight excluding hydrogens is 264 g/mol. The predicted octanol–water partition coefficient (Wildman–Crippen LogP) is 2.83. The van der Waals surface area contributed by atoms with Crippen LogP contribution in [0.25, 0.3) is 0 Å². The number of aryl methyl sites for hydroxylation is 1. The molecule has 1 aliphatic carbocycles. The molecule has 0 aromatic heterocycles. The molecule has 0 bridgehead atoms. The molecule has 4 nitrogen and oxygen atoms in total. The van der Waals surface area contributed by atoms with E-state index >= 15 is 0 Å². The fourth-order valence-corrected chi connectivity index (χ4v) is 3.66. The fourth-order valence-electron chi connectivity index (χ4n) is 3.66. The number of primary amides is 1. The van der Waals surface area contributed by atoms with E-state index in [0.717, 1.165) is 36.1 Å². The molecule has 1 saturated carbocycles. The summed E-state index contributed by atoms with van der Waals surface area (Å²) >= 11 is 0. The van der Waals surface area contributed by atoms with Crippen molar-refractivity contribution >= 4 is 5.91 Å². The van der Waals surface area contributed by atoms with Crippen LogP contribution >= 0.6 is 0 Å². The maximum absolute atomic E-state index is 11.4. The van der Waals surface area contributed by atoms with Crippen LogP contribution in [-0.4, -0.2) is 13.0 Å². The first kappa shape index (κ1) is 15.8. The van der Waals surface area contributed by atoms with Crippen molar-refractivity contribution in [3.63, 3.8) is 0 Å². The summed E-state index contributed by atoms with van der Waals surface area (Å²) in [4.78, 5) is 11.4. The third kappa shape index (κ3) is 3.76. The summed E-state index contributed by atoms with van der Waals surface area (Å²) in [6.45, 7) is 2.02. The van der Waals surface area contributed by atoms with Crippen LogP contribution in [0.15, 0.2) is 18.2 Å². The van der Waals surface area contributed by atoms with Crippen molar-refractivity contribution in [3.8, 4) is 5.75 Å². The lowest BCUT2D eigenvalue weighted by Crippen LogP contribution is -2.29. The number of carbonyl (C=O) groups is 1. The minimum atomic E-state index is -0.213. The van der Waals surface area contributed by atoms with Gasteiger partial charge in [-0.1, -0.05) is 25.0 Å². The van der Waals surface area contributed by atoms with Gasteiger partial charge in [-0.2, -0.15) is 0 Å². The average Bonchev–Trinajstić information content (AvgIpc) is 2.85. The van der Waals surface area contributed by atoms with Gasteiger partial charge in [-0.15, -0.1) is 0 Å². The first-order valence-corrected chi connectivity index (χ1v) is 7.64. The van der Waals surface area contributed by atoms with E-state index < -0.39 is 0 Å². The molecule has 0 spiro atoms. The third-order valence-corrected chi connectivity index (χ3v) is 4.71. The number of rotatable bonds is 6. The molecule has 0 heterocycles. The second kappa shape index (κ2) is 6.48. The lowest BCUT2D eigenvalue weighted by molar-refractivity contribution is -0.120. The lowest BCUT2D eigenvalue weighted by Gasteiger charge is -2.31. The monoisotopic (exact) mass is 290 g/mol. The van der Waals surface area contributed by atoms with Crippen LogP contribution in [0.1, 0.15) is 55.7 Å². The normalized spacial score (nSPS) is 18.4. The van der Waals surface area contributed by atoms with E-state index in [9.17, 15) is 4.79 Å². The van der Waals surface area contributed by atoms with Gasteiger partial charge in [0.1, 0.15) is 5.75 Å². The largest absolute Gasteiger partial charge is 0.496 e. The molecule has 0 saturated heterocycles. The highest BCUT2D eigenvalue weighted by Crippen LogP contribution is 2.46. The minimum Gasteiger partial charge on any atom is -0.496 e. The van der Waals surface area contributed by atoms with Crippen molar-refractivity contribution in [2.45, 2.75) is 51.5 Å². The molecule has 1 atom stereocenters. The number of hydrogen-bond donors (Lipinski definition) is 2. The molecule has 1 aliphatic rings. The summed E-state index contributed by atoms with van der Waals surface area (Å²) in [5, 5.41) is 0. The molecule has 116 valence electrons. The summed E-state index contributed by atoms with van der Waals surface area (Å²) in [6.07, 6.45) is 5.72. The molecule has 1 aromatic rings. The molecule has 0 radical (unpaired) electrons. The Bertz CT molecular complexity index is 508. The molecule has 2 rings (SSSR count). The molecule has 1 amide bonds. The van der Waals surface area contributed by atoms with E-state index in [2.05, 4.69) is 6.07 Å². The molecule has 21 heavy (non-hydrogen) atoms. The van der Waals surface area contributed by atoms with Crippen LogP contribution in [-0.2, 0) is 4.79 Å². The van der Waals surface area contributed by atoms with Gasteiger partial charge in [0.2, 0.25) is 5.91 Å². The van der Waals surface area contributed by atoms with E-state index in [1.807, 2.05) is 19.1 Å². The Hall–Kier alpha value is -1.55. The fraction of sp³-hybridized carbons (Fsp3) is 0.588. The standard InChI is InChI=1S/C17H26N2O2/c1-12-9-13(5-6-15(12)21-2)14(18)10-17(11-16(19)20)7-3-4-8-17/h5-6,9,14H,3-4,7-8,10-11,18H2,1-2H3,(H2,19,20). The van der Waals surface area contributed by atoms with Crippen molar-refractivity contribution in [1.29, 1.82) is 0 Å². The van der Waals surface area contributed by atoms with E-state index in [1.165, 1.54) is 12.8 Å². The van der Waals surface area contributed by atoms with Crippen LogP contribution in [0, 0.1) is 12.3 Å². The number of hydrogen-bond acceptors (Lipinski definition) is 3. The highest BCUT2D eigenvalue weighted by Gasteiger charge is 2.37.